The van der Waals surface area contributed by atoms with Gasteiger partial charge >= 0.3 is 0 Å². The molecule has 5 rings (SSSR count). The molecule has 136 valence electrons. The summed E-state index contributed by atoms with van der Waals surface area (Å²) in [7, 11) is 0. The van der Waals surface area contributed by atoms with Crippen LogP contribution in [0.15, 0.2) is 79.1 Å². The molecule has 0 radical (unpaired) electrons. The Labute approximate surface area is 163 Å². The van der Waals surface area contributed by atoms with E-state index >= 15 is 0 Å². The molecule has 1 aliphatic rings. The van der Waals surface area contributed by atoms with Gasteiger partial charge in [0.05, 0.1) is 16.8 Å². The van der Waals surface area contributed by atoms with Crippen molar-refractivity contribution in [2.75, 3.05) is 4.90 Å². The first-order valence-corrected chi connectivity index (χ1v) is 9.44. The van der Waals surface area contributed by atoms with Crippen LogP contribution in [0.4, 0.5) is 5.69 Å². The van der Waals surface area contributed by atoms with E-state index in [1.165, 1.54) is 5.56 Å². The molecule has 0 spiro atoms. The number of hydrogen-bond donors (Lipinski definition) is 0. The fourth-order valence-corrected chi connectivity index (χ4v) is 4.03. The predicted molar refractivity (Wildman–Crippen MR) is 111 cm³/mol. The third-order valence-electron chi connectivity index (χ3n) is 5.35. The average Bonchev–Trinajstić information content (AvgIpc) is 3.08. The van der Waals surface area contributed by atoms with Crippen LogP contribution in [-0.4, -0.2) is 21.9 Å². The van der Waals surface area contributed by atoms with Crippen LogP contribution in [0.2, 0.25) is 0 Å². The van der Waals surface area contributed by atoms with E-state index in [1.54, 1.807) is 12.4 Å². The van der Waals surface area contributed by atoms with E-state index in [2.05, 4.69) is 18.0 Å². The predicted octanol–water partition coefficient (Wildman–Crippen LogP) is 4.89. The van der Waals surface area contributed by atoms with Crippen molar-refractivity contribution in [3.8, 4) is 11.3 Å². The number of hydrogen-bond acceptors (Lipinski definition) is 3. The molecule has 2 aromatic heterocycles. The monoisotopic (exact) mass is 365 g/mol. The Balaban J connectivity index is 1.69. The summed E-state index contributed by atoms with van der Waals surface area (Å²) in [6.07, 6.45) is 4.36. The average molecular weight is 365 g/mol. The smallest absolute Gasteiger partial charge is 0.259 e. The summed E-state index contributed by atoms with van der Waals surface area (Å²) in [6, 6.07) is 21.9. The first-order valence-electron chi connectivity index (χ1n) is 9.44. The number of amides is 1. The first kappa shape index (κ1) is 16.6. The summed E-state index contributed by atoms with van der Waals surface area (Å²) in [6.45, 7) is 2.10. The van der Waals surface area contributed by atoms with E-state index in [0.29, 0.717) is 5.56 Å². The topological polar surface area (TPSA) is 46.1 Å². The van der Waals surface area contributed by atoms with Crippen LogP contribution in [0.25, 0.3) is 22.2 Å². The van der Waals surface area contributed by atoms with Crippen molar-refractivity contribution < 1.29 is 4.79 Å². The van der Waals surface area contributed by atoms with Gasteiger partial charge < -0.3 is 4.90 Å². The van der Waals surface area contributed by atoms with Gasteiger partial charge in [-0.3, -0.25) is 9.78 Å². The summed E-state index contributed by atoms with van der Waals surface area (Å²) in [5.41, 5.74) is 5.46. The lowest BCUT2D eigenvalue weighted by atomic mass is 10.0. The molecule has 0 bridgehead atoms. The van der Waals surface area contributed by atoms with Gasteiger partial charge in [-0.1, -0.05) is 36.4 Å². The Morgan fingerprint density at radius 1 is 1.00 bits per heavy atom. The minimum absolute atomic E-state index is 0.0198. The second kappa shape index (κ2) is 6.57. The van der Waals surface area contributed by atoms with Crippen molar-refractivity contribution in [3.05, 3.63) is 90.3 Å². The number of carbonyl (C=O) groups is 1. The Morgan fingerprint density at radius 3 is 2.61 bits per heavy atom. The van der Waals surface area contributed by atoms with Gasteiger partial charge in [-0.25, -0.2) is 4.98 Å². The molecule has 3 heterocycles. The van der Waals surface area contributed by atoms with Gasteiger partial charge in [-0.2, -0.15) is 0 Å². The Morgan fingerprint density at radius 2 is 1.75 bits per heavy atom. The van der Waals surface area contributed by atoms with E-state index in [9.17, 15) is 4.79 Å². The van der Waals surface area contributed by atoms with E-state index in [1.807, 2.05) is 65.6 Å². The summed E-state index contributed by atoms with van der Waals surface area (Å²) >= 11 is 0. The minimum Gasteiger partial charge on any atom is -0.305 e. The zero-order valence-corrected chi connectivity index (χ0v) is 15.5. The number of fused-ring (bicyclic) bond motifs is 2. The maximum Gasteiger partial charge on any atom is 0.259 e. The van der Waals surface area contributed by atoms with Gasteiger partial charge in [-0.15, -0.1) is 0 Å². The van der Waals surface area contributed by atoms with Gasteiger partial charge in [0, 0.05) is 35.1 Å². The highest BCUT2D eigenvalue weighted by molar-refractivity contribution is 6.15. The molecule has 1 unspecified atom stereocenters. The molecular formula is C24H19N3O. The Kier molecular flexibility index (Phi) is 3.90. The maximum absolute atomic E-state index is 13.7. The molecule has 4 aromatic rings. The molecule has 0 saturated heterocycles. The Hall–Kier alpha value is -3.53. The molecule has 0 fully saturated rings. The number of aromatic nitrogens is 2. The van der Waals surface area contributed by atoms with Gasteiger partial charge in [0.2, 0.25) is 0 Å². The third kappa shape index (κ3) is 2.65. The van der Waals surface area contributed by atoms with Gasteiger partial charge in [0.1, 0.15) is 0 Å². The zero-order valence-electron chi connectivity index (χ0n) is 15.5. The number of para-hydroxylation sites is 2. The normalized spacial score (nSPS) is 15.6. The molecule has 4 nitrogen and oxygen atoms in total. The molecule has 0 aliphatic carbocycles. The molecule has 1 atom stereocenters. The lowest BCUT2D eigenvalue weighted by molar-refractivity contribution is 0.0983. The standard InChI is InChI=1S/C24H19N3O/c1-16-14-18-6-2-5-9-23(18)27(16)24(28)20-15-22(17-10-12-25-13-11-17)26-21-8-4-3-7-19(20)21/h2-13,15-16H,14H2,1H3. The largest absolute Gasteiger partial charge is 0.305 e. The lowest BCUT2D eigenvalue weighted by Gasteiger charge is -2.24. The van der Waals surface area contributed by atoms with Crippen molar-refractivity contribution in [2.45, 2.75) is 19.4 Å². The van der Waals surface area contributed by atoms with Crippen LogP contribution >= 0.6 is 0 Å². The van der Waals surface area contributed by atoms with E-state index in [0.717, 1.165) is 34.3 Å². The maximum atomic E-state index is 13.7. The molecule has 2 aromatic carbocycles. The fraction of sp³-hybridized carbons (Fsp3) is 0.125. The van der Waals surface area contributed by atoms with Crippen LogP contribution in [0.1, 0.15) is 22.8 Å². The summed E-state index contributed by atoms with van der Waals surface area (Å²) in [5.74, 6) is 0.0198. The second-order valence-electron chi connectivity index (χ2n) is 7.17. The van der Waals surface area contributed by atoms with Gasteiger partial charge in [-0.05, 0) is 49.2 Å². The molecular weight excluding hydrogens is 346 g/mol. The minimum atomic E-state index is 0.0198. The highest BCUT2D eigenvalue weighted by Crippen LogP contribution is 2.35. The number of anilines is 1. The van der Waals surface area contributed by atoms with Crippen LogP contribution in [0, 0.1) is 0 Å². The molecule has 1 aliphatic heterocycles. The van der Waals surface area contributed by atoms with Gasteiger partial charge in [0.25, 0.3) is 5.91 Å². The van der Waals surface area contributed by atoms with Crippen LogP contribution < -0.4 is 4.90 Å². The first-order chi connectivity index (χ1) is 13.7. The number of pyridine rings is 2. The zero-order chi connectivity index (χ0) is 19.1. The SMILES string of the molecule is CC1Cc2ccccc2N1C(=O)c1cc(-c2ccncc2)nc2ccccc12. The van der Waals surface area contributed by atoms with Crippen molar-refractivity contribution in [1.29, 1.82) is 0 Å². The highest BCUT2D eigenvalue weighted by atomic mass is 16.2. The van der Waals surface area contributed by atoms with E-state index in [-0.39, 0.29) is 11.9 Å². The summed E-state index contributed by atoms with van der Waals surface area (Å²) in [4.78, 5) is 24.5. The van der Waals surface area contributed by atoms with Crippen LogP contribution in [0.5, 0.6) is 0 Å². The van der Waals surface area contributed by atoms with Crippen molar-refractivity contribution >= 4 is 22.5 Å². The summed E-state index contributed by atoms with van der Waals surface area (Å²) in [5, 5.41) is 0.877. The molecule has 4 heteroatoms. The molecule has 0 saturated carbocycles. The van der Waals surface area contributed by atoms with Crippen LogP contribution in [-0.2, 0) is 6.42 Å². The lowest BCUT2D eigenvalue weighted by Crippen LogP contribution is -2.35. The van der Waals surface area contributed by atoms with Crippen LogP contribution in [0.3, 0.4) is 0 Å². The summed E-state index contributed by atoms with van der Waals surface area (Å²) < 4.78 is 0. The van der Waals surface area contributed by atoms with Crippen molar-refractivity contribution in [1.82, 2.24) is 9.97 Å². The number of carbonyl (C=O) groups excluding carboxylic acids is 1. The quantitative estimate of drug-likeness (QED) is 0.508. The van der Waals surface area contributed by atoms with E-state index in [4.69, 9.17) is 4.98 Å². The van der Waals surface area contributed by atoms with Crippen molar-refractivity contribution in [2.24, 2.45) is 0 Å². The second-order valence-corrected chi connectivity index (χ2v) is 7.17. The number of rotatable bonds is 2. The Bertz CT molecular complexity index is 1190. The fourth-order valence-electron chi connectivity index (χ4n) is 4.03. The number of nitrogens with zero attached hydrogens (tertiary/aromatic N) is 3. The van der Waals surface area contributed by atoms with Gasteiger partial charge in [0.15, 0.2) is 0 Å². The molecule has 0 N–H and O–H groups in total. The van der Waals surface area contributed by atoms with E-state index < -0.39 is 0 Å². The molecule has 28 heavy (non-hydrogen) atoms. The third-order valence-corrected chi connectivity index (χ3v) is 5.35. The highest BCUT2D eigenvalue weighted by Gasteiger charge is 2.32. The number of benzene rings is 2. The van der Waals surface area contributed by atoms with Crippen molar-refractivity contribution in [3.63, 3.8) is 0 Å². The molecule has 1 amide bonds.